The molecular formula is C56H68N6O6. The molecule has 12 heteroatoms. The van der Waals surface area contributed by atoms with E-state index in [0.717, 1.165) is 84.3 Å². The Hall–Kier alpha value is -6.70. The lowest BCUT2D eigenvalue weighted by molar-refractivity contribution is 0.000341. The van der Waals surface area contributed by atoms with Gasteiger partial charge >= 0.3 is 0 Å². The number of aliphatic hydroxyl groups excluding tert-OH is 2. The van der Waals surface area contributed by atoms with Crippen LogP contribution < -0.4 is 29.3 Å². The molecule has 0 saturated carbocycles. The molecule has 0 aliphatic rings. The van der Waals surface area contributed by atoms with Crippen molar-refractivity contribution in [3.05, 3.63) is 169 Å². The molecule has 0 radical (unpaired) electrons. The standard InChI is InChI=1S/C56H68N6O6/c1-5-59(6-2)53-33-31-45(39-57-61(47-23-13-9-14-24-47)48-25-15-10-16-26-48)37-55(53)67-43-51(63)41-65-35-21-22-36-66-42-52(64)44-68-56-38-46(32-34-54(56)60(7-3)8-4)40-58-62(49-27-17-11-18-28-49)50-29-19-12-20-30-50/h9-20,23-34,37-40,51-52,63-64H,5-8,21-22,35-36,41-44H2,1-4H3. The number of ether oxygens (including phenoxy) is 4. The third-order valence-corrected chi connectivity index (χ3v) is 11.1. The Kier molecular flexibility index (Phi) is 20.7. The zero-order chi connectivity index (χ0) is 47.8. The van der Waals surface area contributed by atoms with Gasteiger partial charge in [-0.2, -0.15) is 10.2 Å². The minimum Gasteiger partial charge on any atom is -0.489 e. The van der Waals surface area contributed by atoms with E-state index in [-0.39, 0.29) is 26.4 Å². The lowest BCUT2D eigenvalue weighted by Crippen LogP contribution is -2.26. The van der Waals surface area contributed by atoms with Crippen molar-refractivity contribution in [2.75, 3.05) is 85.6 Å². The number of anilines is 6. The van der Waals surface area contributed by atoms with Crippen molar-refractivity contribution in [3.63, 3.8) is 0 Å². The third-order valence-electron chi connectivity index (χ3n) is 11.1. The minimum atomic E-state index is -0.816. The first-order chi connectivity index (χ1) is 33.4. The predicted octanol–water partition coefficient (Wildman–Crippen LogP) is 10.7. The van der Waals surface area contributed by atoms with Crippen LogP contribution in [0.15, 0.2) is 168 Å². The van der Waals surface area contributed by atoms with Crippen LogP contribution in [0.25, 0.3) is 0 Å². The second-order valence-corrected chi connectivity index (χ2v) is 16.0. The van der Waals surface area contributed by atoms with Crippen molar-refractivity contribution in [2.24, 2.45) is 10.2 Å². The number of para-hydroxylation sites is 4. The molecule has 0 aromatic heterocycles. The molecule has 68 heavy (non-hydrogen) atoms. The largest absolute Gasteiger partial charge is 0.489 e. The summed E-state index contributed by atoms with van der Waals surface area (Å²) < 4.78 is 24.1. The Labute approximate surface area is 403 Å². The summed E-state index contributed by atoms with van der Waals surface area (Å²) in [5.74, 6) is 1.34. The molecule has 12 nitrogen and oxygen atoms in total. The fourth-order valence-electron chi connectivity index (χ4n) is 7.51. The van der Waals surface area contributed by atoms with Crippen molar-refractivity contribution in [1.82, 2.24) is 0 Å². The van der Waals surface area contributed by atoms with Crippen LogP contribution in [0.1, 0.15) is 51.7 Å². The van der Waals surface area contributed by atoms with Crippen molar-refractivity contribution in [1.29, 1.82) is 0 Å². The fourth-order valence-corrected chi connectivity index (χ4v) is 7.51. The van der Waals surface area contributed by atoms with Gasteiger partial charge in [0, 0.05) is 39.4 Å². The zero-order valence-electron chi connectivity index (χ0n) is 40.0. The number of aliphatic hydroxyl groups is 2. The highest BCUT2D eigenvalue weighted by molar-refractivity contribution is 5.85. The van der Waals surface area contributed by atoms with E-state index in [1.807, 2.05) is 180 Å². The normalized spacial score (nSPS) is 12.3. The summed E-state index contributed by atoms with van der Waals surface area (Å²) in [5, 5.41) is 35.2. The summed E-state index contributed by atoms with van der Waals surface area (Å²) in [4.78, 5) is 4.44. The maximum atomic E-state index is 10.8. The first-order valence-electron chi connectivity index (χ1n) is 23.8. The summed E-state index contributed by atoms with van der Waals surface area (Å²) >= 11 is 0. The Morgan fingerprint density at radius 2 is 0.765 bits per heavy atom. The van der Waals surface area contributed by atoms with Gasteiger partial charge in [-0.3, -0.25) is 0 Å². The number of nitrogens with zero attached hydrogens (tertiary/aromatic N) is 6. The number of benzene rings is 6. The van der Waals surface area contributed by atoms with E-state index in [9.17, 15) is 10.2 Å². The molecule has 0 bridgehead atoms. The van der Waals surface area contributed by atoms with Gasteiger partial charge in [0.1, 0.15) is 36.9 Å². The van der Waals surface area contributed by atoms with E-state index >= 15 is 0 Å². The van der Waals surface area contributed by atoms with E-state index in [2.05, 4.69) is 37.5 Å². The molecule has 0 amide bonds. The molecule has 2 N–H and O–H groups in total. The second-order valence-electron chi connectivity index (χ2n) is 16.0. The molecule has 2 unspecified atom stereocenters. The highest BCUT2D eigenvalue weighted by atomic mass is 16.5. The Bertz CT molecular complexity index is 2140. The zero-order valence-corrected chi connectivity index (χ0v) is 40.0. The Morgan fingerprint density at radius 3 is 1.07 bits per heavy atom. The monoisotopic (exact) mass is 921 g/mol. The maximum Gasteiger partial charge on any atom is 0.143 e. The van der Waals surface area contributed by atoms with Crippen LogP contribution >= 0.6 is 0 Å². The van der Waals surface area contributed by atoms with E-state index in [4.69, 9.17) is 29.2 Å². The van der Waals surface area contributed by atoms with E-state index < -0.39 is 12.2 Å². The van der Waals surface area contributed by atoms with Gasteiger partial charge in [-0.1, -0.05) is 84.9 Å². The SMILES string of the molecule is CCN(CC)c1ccc(C=NN(c2ccccc2)c2ccccc2)cc1OCC(O)COCCCCOCC(O)COc1cc(C=NN(c2ccccc2)c2ccccc2)ccc1N(CC)CC. The van der Waals surface area contributed by atoms with Crippen LogP contribution in [-0.4, -0.2) is 101 Å². The van der Waals surface area contributed by atoms with Crippen LogP contribution in [0.3, 0.4) is 0 Å². The molecule has 6 aromatic carbocycles. The minimum absolute atomic E-state index is 0.0769. The van der Waals surface area contributed by atoms with Gasteiger partial charge in [-0.25, -0.2) is 10.0 Å². The Morgan fingerprint density at radius 1 is 0.441 bits per heavy atom. The van der Waals surface area contributed by atoms with Gasteiger partial charge in [-0.05, 0) is 124 Å². The van der Waals surface area contributed by atoms with Crippen LogP contribution in [0.2, 0.25) is 0 Å². The first-order valence-corrected chi connectivity index (χ1v) is 23.8. The average molecular weight is 921 g/mol. The molecule has 0 spiro atoms. The van der Waals surface area contributed by atoms with Crippen LogP contribution in [0.4, 0.5) is 34.1 Å². The average Bonchev–Trinajstić information content (AvgIpc) is 3.38. The van der Waals surface area contributed by atoms with Crippen LogP contribution in [-0.2, 0) is 9.47 Å². The lowest BCUT2D eigenvalue weighted by atomic mass is 10.2. The first kappa shape index (κ1) is 50.7. The Balaban J connectivity index is 0.938. The molecule has 358 valence electrons. The highest BCUT2D eigenvalue weighted by Gasteiger charge is 2.16. The molecule has 0 aliphatic heterocycles. The van der Waals surface area contributed by atoms with Crippen molar-refractivity contribution < 1.29 is 29.2 Å². The molecular weight excluding hydrogens is 853 g/mol. The van der Waals surface area contributed by atoms with Crippen LogP contribution in [0, 0.1) is 0 Å². The van der Waals surface area contributed by atoms with E-state index in [0.29, 0.717) is 24.7 Å². The number of rotatable bonds is 29. The smallest absolute Gasteiger partial charge is 0.143 e. The molecule has 2 atom stereocenters. The summed E-state index contributed by atoms with van der Waals surface area (Å²) in [5.41, 5.74) is 7.43. The molecule has 0 fully saturated rings. The molecule has 6 rings (SSSR count). The van der Waals surface area contributed by atoms with Gasteiger partial charge in [0.25, 0.3) is 0 Å². The van der Waals surface area contributed by atoms with Crippen molar-refractivity contribution in [3.8, 4) is 11.5 Å². The van der Waals surface area contributed by atoms with Gasteiger partial charge in [0.2, 0.25) is 0 Å². The van der Waals surface area contributed by atoms with E-state index in [1.165, 1.54) is 0 Å². The predicted molar refractivity (Wildman–Crippen MR) is 279 cm³/mol. The molecule has 6 aromatic rings. The summed E-state index contributed by atoms with van der Waals surface area (Å²) in [6.07, 6.45) is 3.50. The topological polar surface area (TPSA) is 115 Å². The number of hydrogen-bond acceptors (Lipinski definition) is 12. The summed E-state index contributed by atoms with van der Waals surface area (Å²) in [7, 11) is 0. The van der Waals surface area contributed by atoms with Gasteiger partial charge in [0.15, 0.2) is 0 Å². The summed E-state index contributed by atoms with van der Waals surface area (Å²) in [6.45, 7) is 13.0. The van der Waals surface area contributed by atoms with Gasteiger partial charge < -0.3 is 39.0 Å². The van der Waals surface area contributed by atoms with Gasteiger partial charge in [0.05, 0.1) is 59.8 Å². The molecule has 0 aliphatic carbocycles. The summed E-state index contributed by atoms with van der Waals surface area (Å²) in [6, 6.07) is 52.2. The van der Waals surface area contributed by atoms with Crippen molar-refractivity contribution >= 4 is 46.6 Å². The lowest BCUT2D eigenvalue weighted by Gasteiger charge is -2.25. The fraction of sp³-hybridized carbons (Fsp3) is 0.321. The third kappa shape index (κ3) is 15.4. The van der Waals surface area contributed by atoms with E-state index in [1.54, 1.807) is 0 Å². The quantitative estimate of drug-likeness (QED) is 0.0268. The molecule has 0 saturated heterocycles. The number of unbranched alkanes of at least 4 members (excludes halogenated alkanes) is 1. The number of hydrogen-bond donors (Lipinski definition) is 2. The number of hydrazone groups is 2. The maximum absolute atomic E-state index is 10.8. The highest BCUT2D eigenvalue weighted by Crippen LogP contribution is 2.32. The molecule has 0 heterocycles. The second kappa shape index (κ2) is 27.8. The van der Waals surface area contributed by atoms with Crippen LogP contribution in [0.5, 0.6) is 11.5 Å². The van der Waals surface area contributed by atoms with Crippen molar-refractivity contribution in [2.45, 2.75) is 52.7 Å². The van der Waals surface area contributed by atoms with Gasteiger partial charge in [-0.15, -0.1) is 0 Å².